The maximum atomic E-state index is 12.3. The molecule has 26 heavy (non-hydrogen) atoms. The standard InChI is InChI=1S/C19H26N6O/c1-15(13-24-10-6-9-22-24)12-21-19(20-2)23-16-11-18(26)25(14-16)17-7-4-3-5-8-17/h3-10,15-16H,11-14H2,1-2H3,(H2,20,21,23). The molecule has 0 radical (unpaired) electrons. The van der Waals surface area contributed by atoms with Gasteiger partial charge in [0.1, 0.15) is 0 Å². The van der Waals surface area contributed by atoms with Gasteiger partial charge in [-0.25, -0.2) is 0 Å². The number of amides is 1. The van der Waals surface area contributed by atoms with Crippen LogP contribution >= 0.6 is 0 Å². The van der Waals surface area contributed by atoms with Gasteiger partial charge in [0.2, 0.25) is 5.91 Å². The first kappa shape index (κ1) is 18.0. The van der Waals surface area contributed by atoms with Crippen molar-refractivity contribution < 1.29 is 4.79 Å². The second-order valence-corrected chi connectivity index (χ2v) is 6.67. The molecule has 0 spiro atoms. The summed E-state index contributed by atoms with van der Waals surface area (Å²) in [5.74, 6) is 1.26. The number of carbonyl (C=O) groups is 1. The van der Waals surface area contributed by atoms with Gasteiger partial charge in [-0.05, 0) is 24.1 Å². The molecule has 0 bridgehead atoms. The Morgan fingerprint density at radius 3 is 2.85 bits per heavy atom. The summed E-state index contributed by atoms with van der Waals surface area (Å²) >= 11 is 0. The van der Waals surface area contributed by atoms with Crippen molar-refractivity contribution in [2.45, 2.75) is 25.9 Å². The summed E-state index contributed by atoms with van der Waals surface area (Å²) in [6, 6.07) is 11.8. The van der Waals surface area contributed by atoms with Crippen molar-refractivity contribution >= 4 is 17.6 Å². The molecule has 1 saturated heterocycles. The van der Waals surface area contributed by atoms with E-state index in [0.29, 0.717) is 18.9 Å². The number of guanidine groups is 1. The molecule has 2 unspecified atom stereocenters. The van der Waals surface area contributed by atoms with Gasteiger partial charge in [0, 0.05) is 51.2 Å². The van der Waals surface area contributed by atoms with E-state index in [4.69, 9.17) is 0 Å². The van der Waals surface area contributed by atoms with Gasteiger partial charge in [-0.15, -0.1) is 0 Å². The number of aliphatic imine (C=N–C) groups is 1. The zero-order valence-corrected chi connectivity index (χ0v) is 15.3. The Morgan fingerprint density at radius 1 is 1.35 bits per heavy atom. The van der Waals surface area contributed by atoms with Gasteiger partial charge in [-0.2, -0.15) is 5.10 Å². The fourth-order valence-corrected chi connectivity index (χ4v) is 3.11. The molecule has 2 aromatic rings. The highest BCUT2D eigenvalue weighted by Gasteiger charge is 2.31. The molecule has 1 aliphatic rings. The first-order valence-corrected chi connectivity index (χ1v) is 8.95. The van der Waals surface area contributed by atoms with Crippen molar-refractivity contribution in [1.29, 1.82) is 0 Å². The Morgan fingerprint density at radius 2 is 2.15 bits per heavy atom. The van der Waals surface area contributed by atoms with E-state index in [1.807, 2.05) is 52.2 Å². The normalized spacial score (nSPS) is 18.8. The van der Waals surface area contributed by atoms with Crippen LogP contribution in [0.25, 0.3) is 0 Å². The van der Waals surface area contributed by atoms with Crippen molar-refractivity contribution in [3.63, 3.8) is 0 Å². The number of nitrogens with one attached hydrogen (secondary N) is 2. The van der Waals surface area contributed by atoms with Crippen LogP contribution in [0.4, 0.5) is 5.69 Å². The van der Waals surface area contributed by atoms with Crippen LogP contribution in [0.2, 0.25) is 0 Å². The monoisotopic (exact) mass is 354 g/mol. The minimum atomic E-state index is 0.0512. The van der Waals surface area contributed by atoms with Gasteiger partial charge in [-0.3, -0.25) is 14.5 Å². The maximum Gasteiger partial charge on any atom is 0.229 e. The van der Waals surface area contributed by atoms with Gasteiger partial charge in [-0.1, -0.05) is 25.1 Å². The average Bonchev–Trinajstić information content (AvgIpc) is 3.28. The quantitative estimate of drug-likeness (QED) is 0.609. The van der Waals surface area contributed by atoms with Crippen LogP contribution in [0.5, 0.6) is 0 Å². The van der Waals surface area contributed by atoms with Crippen LogP contribution in [-0.2, 0) is 11.3 Å². The molecule has 3 rings (SSSR count). The number of para-hydroxylation sites is 1. The third kappa shape index (κ3) is 4.62. The number of benzene rings is 1. The van der Waals surface area contributed by atoms with E-state index in [9.17, 15) is 4.79 Å². The SMILES string of the molecule is CN=C(NCC(C)Cn1cccn1)NC1CC(=O)N(c2ccccc2)C1. The molecule has 0 saturated carbocycles. The van der Waals surface area contributed by atoms with Gasteiger partial charge in [0.15, 0.2) is 5.96 Å². The molecular weight excluding hydrogens is 328 g/mol. The Labute approximate surface area is 154 Å². The molecule has 7 heteroatoms. The van der Waals surface area contributed by atoms with Crippen LogP contribution in [-0.4, -0.2) is 47.8 Å². The van der Waals surface area contributed by atoms with Crippen LogP contribution in [0.3, 0.4) is 0 Å². The van der Waals surface area contributed by atoms with E-state index in [2.05, 4.69) is 27.6 Å². The molecule has 1 aromatic carbocycles. The number of rotatable bonds is 6. The van der Waals surface area contributed by atoms with Crippen LogP contribution in [0, 0.1) is 5.92 Å². The summed E-state index contributed by atoms with van der Waals surface area (Å²) in [5, 5.41) is 10.9. The molecule has 0 aliphatic carbocycles. The third-order valence-corrected chi connectivity index (χ3v) is 4.43. The number of carbonyl (C=O) groups excluding carboxylic acids is 1. The lowest BCUT2D eigenvalue weighted by atomic mass is 10.2. The highest BCUT2D eigenvalue weighted by atomic mass is 16.2. The fraction of sp³-hybridized carbons (Fsp3) is 0.421. The molecule has 138 valence electrons. The highest BCUT2D eigenvalue weighted by molar-refractivity contribution is 5.97. The third-order valence-electron chi connectivity index (χ3n) is 4.43. The highest BCUT2D eigenvalue weighted by Crippen LogP contribution is 2.20. The van der Waals surface area contributed by atoms with Crippen molar-refractivity contribution in [2.24, 2.45) is 10.9 Å². The number of nitrogens with zero attached hydrogens (tertiary/aromatic N) is 4. The fourth-order valence-electron chi connectivity index (χ4n) is 3.11. The van der Waals surface area contributed by atoms with E-state index < -0.39 is 0 Å². The number of hydrogen-bond acceptors (Lipinski definition) is 3. The van der Waals surface area contributed by atoms with E-state index in [0.717, 1.165) is 24.7 Å². The Kier molecular flexibility index (Phi) is 5.88. The van der Waals surface area contributed by atoms with Crippen LogP contribution < -0.4 is 15.5 Å². The molecule has 1 fully saturated rings. The summed E-state index contributed by atoms with van der Waals surface area (Å²) in [5.41, 5.74) is 0.942. The van der Waals surface area contributed by atoms with Crippen molar-refractivity contribution in [1.82, 2.24) is 20.4 Å². The molecule has 2 atom stereocenters. The largest absolute Gasteiger partial charge is 0.356 e. The maximum absolute atomic E-state index is 12.3. The number of aromatic nitrogens is 2. The summed E-state index contributed by atoms with van der Waals surface area (Å²) in [7, 11) is 1.75. The summed E-state index contributed by atoms with van der Waals surface area (Å²) in [6.07, 6.45) is 4.22. The number of hydrogen-bond donors (Lipinski definition) is 2. The molecule has 7 nitrogen and oxygen atoms in total. The van der Waals surface area contributed by atoms with Crippen LogP contribution in [0.15, 0.2) is 53.8 Å². The van der Waals surface area contributed by atoms with Crippen LogP contribution in [0.1, 0.15) is 13.3 Å². The topological polar surface area (TPSA) is 74.5 Å². The molecule has 2 N–H and O–H groups in total. The average molecular weight is 354 g/mol. The van der Waals surface area contributed by atoms with Crippen molar-refractivity contribution in [2.75, 3.05) is 25.0 Å². The van der Waals surface area contributed by atoms with E-state index >= 15 is 0 Å². The predicted octanol–water partition coefficient (Wildman–Crippen LogP) is 1.49. The lowest BCUT2D eigenvalue weighted by molar-refractivity contribution is -0.117. The lowest BCUT2D eigenvalue weighted by Gasteiger charge is -2.20. The zero-order valence-electron chi connectivity index (χ0n) is 15.3. The molecule has 1 amide bonds. The van der Waals surface area contributed by atoms with Gasteiger partial charge in [0.25, 0.3) is 0 Å². The van der Waals surface area contributed by atoms with Gasteiger partial charge in [0.05, 0.1) is 6.04 Å². The van der Waals surface area contributed by atoms with Crippen molar-refractivity contribution in [3.05, 3.63) is 48.8 Å². The smallest absolute Gasteiger partial charge is 0.229 e. The molecule has 1 aromatic heterocycles. The molecule has 1 aliphatic heterocycles. The summed E-state index contributed by atoms with van der Waals surface area (Å²) in [4.78, 5) is 18.4. The summed E-state index contributed by atoms with van der Waals surface area (Å²) in [6.45, 7) is 4.44. The molecular formula is C19H26N6O. The minimum absolute atomic E-state index is 0.0512. The van der Waals surface area contributed by atoms with E-state index in [1.54, 1.807) is 13.2 Å². The zero-order chi connectivity index (χ0) is 18.4. The molecule has 2 heterocycles. The number of anilines is 1. The van der Waals surface area contributed by atoms with Crippen molar-refractivity contribution in [3.8, 4) is 0 Å². The van der Waals surface area contributed by atoms with Gasteiger partial charge >= 0.3 is 0 Å². The second kappa shape index (κ2) is 8.51. The van der Waals surface area contributed by atoms with E-state index in [1.165, 1.54) is 0 Å². The lowest BCUT2D eigenvalue weighted by Crippen LogP contribution is -2.46. The Balaban J connectivity index is 1.48. The first-order valence-electron chi connectivity index (χ1n) is 8.95. The predicted molar refractivity (Wildman–Crippen MR) is 103 cm³/mol. The van der Waals surface area contributed by atoms with E-state index in [-0.39, 0.29) is 11.9 Å². The summed E-state index contributed by atoms with van der Waals surface area (Å²) < 4.78 is 1.93. The Bertz CT molecular complexity index is 728. The Hall–Kier alpha value is -2.83. The minimum Gasteiger partial charge on any atom is -0.356 e. The van der Waals surface area contributed by atoms with Gasteiger partial charge < -0.3 is 15.5 Å². The second-order valence-electron chi connectivity index (χ2n) is 6.67. The first-order chi connectivity index (χ1) is 12.7.